The summed E-state index contributed by atoms with van der Waals surface area (Å²) in [5.41, 5.74) is 0.977. The van der Waals surface area contributed by atoms with Crippen molar-refractivity contribution in [1.29, 1.82) is 0 Å². The van der Waals surface area contributed by atoms with Crippen LogP contribution in [0.5, 0.6) is 0 Å². The predicted molar refractivity (Wildman–Crippen MR) is 66.9 cm³/mol. The molecule has 0 spiro atoms. The molecule has 4 nitrogen and oxygen atoms in total. The summed E-state index contributed by atoms with van der Waals surface area (Å²) in [7, 11) is 0. The first-order valence-electron chi connectivity index (χ1n) is 5.77. The van der Waals surface area contributed by atoms with E-state index in [1.165, 1.54) is 0 Å². The number of nitrogens with one attached hydrogen (secondary N) is 1. The Balaban J connectivity index is 2.10. The van der Waals surface area contributed by atoms with Crippen LogP contribution in [0.4, 0.5) is 5.82 Å². The van der Waals surface area contributed by atoms with E-state index >= 15 is 0 Å². The van der Waals surface area contributed by atoms with E-state index in [4.69, 9.17) is 4.42 Å². The minimum atomic E-state index is 0.332. The fourth-order valence-corrected chi connectivity index (χ4v) is 1.53. The standard InChI is InChI=1S/C13H17N3O/c1-9(2)13-15-10(3)7-12(16-13)14-8-11-5-4-6-17-11/h4-7,9H,8H2,1-3H3,(H,14,15,16). The first kappa shape index (κ1) is 11.6. The van der Waals surface area contributed by atoms with Crippen LogP contribution in [-0.2, 0) is 6.54 Å². The molecule has 2 aromatic rings. The first-order valence-corrected chi connectivity index (χ1v) is 5.77. The van der Waals surface area contributed by atoms with Gasteiger partial charge in [0.1, 0.15) is 17.4 Å². The maximum absolute atomic E-state index is 5.26. The molecular weight excluding hydrogens is 214 g/mol. The zero-order valence-corrected chi connectivity index (χ0v) is 10.4. The largest absolute Gasteiger partial charge is 0.467 e. The van der Waals surface area contributed by atoms with Gasteiger partial charge in [0, 0.05) is 17.7 Å². The summed E-state index contributed by atoms with van der Waals surface area (Å²) in [6.45, 7) is 6.79. The molecule has 17 heavy (non-hydrogen) atoms. The highest BCUT2D eigenvalue weighted by atomic mass is 16.3. The number of hydrogen-bond donors (Lipinski definition) is 1. The molecule has 0 radical (unpaired) electrons. The summed E-state index contributed by atoms with van der Waals surface area (Å²) in [5, 5.41) is 3.24. The lowest BCUT2D eigenvalue weighted by molar-refractivity contribution is 0.517. The molecule has 0 fully saturated rings. The third-order valence-electron chi connectivity index (χ3n) is 2.41. The van der Waals surface area contributed by atoms with Gasteiger partial charge in [0.05, 0.1) is 12.8 Å². The molecule has 0 aliphatic rings. The minimum absolute atomic E-state index is 0.332. The molecule has 0 saturated carbocycles. The van der Waals surface area contributed by atoms with Gasteiger partial charge in [-0.3, -0.25) is 0 Å². The van der Waals surface area contributed by atoms with Gasteiger partial charge < -0.3 is 9.73 Å². The lowest BCUT2D eigenvalue weighted by atomic mass is 10.2. The van der Waals surface area contributed by atoms with Crippen molar-refractivity contribution < 1.29 is 4.42 Å². The number of furan rings is 1. The molecule has 1 N–H and O–H groups in total. The Labute approximate surface area is 101 Å². The zero-order valence-electron chi connectivity index (χ0n) is 10.4. The summed E-state index contributed by atoms with van der Waals surface area (Å²) in [6, 6.07) is 5.75. The molecule has 4 heteroatoms. The molecule has 0 aliphatic carbocycles. The van der Waals surface area contributed by atoms with E-state index in [0.717, 1.165) is 23.1 Å². The number of hydrogen-bond acceptors (Lipinski definition) is 4. The van der Waals surface area contributed by atoms with Crippen LogP contribution < -0.4 is 5.32 Å². The molecule has 0 aliphatic heterocycles. The van der Waals surface area contributed by atoms with Crippen molar-refractivity contribution in [2.75, 3.05) is 5.32 Å². The lowest BCUT2D eigenvalue weighted by Gasteiger charge is -2.09. The second-order valence-electron chi connectivity index (χ2n) is 4.34. The van der Waals surface area contributed by atoms with Gasteiger partial charge in [-0.05, 0) is 19.1 Å². The number of rotatable bonds is 4. The molecule has 0 aromatic carbocycles. The summed E-state index contributed by atoms with van der Waals surface area (Å²) < 4.78 is 5.26. The van der Waals surface area contributed by atoms with E-state index in [0.29, 0.717) is 12.5 Å². The van der Waals surface area contributed by atoms with Crippen LogP contribution in [0.3, 0.4) is 0 Å². The second kappa shape index (κ2) is 4.99. The zero-order chi connectivity index (χ0) is 12.3. The maximum Gasteiger partial charge on any atom is 0.133 e. The van der Waals surface area contributed by atoms with E-state index in [2.05, 4.69) is 29.1 Å². The quantitative estimate of drug-likeness (QED) is 0.878. The smallest absolute Gasteiger partial charge is 0.133 e. The number of nitrogens with zero attached hydrogens (tertiary/aromatic N) is 2. The average molecular weight is 231 g/mol. The second-order valence-corrected chi connectivity index (χ2v) is 4.34. The van der Waals surface area contributed by atoms with Gasteiger partial charge in [0.15, 0.2) is 0 Å². The summed E-state index contributed by atoms with van der Waals surface area (Å²) in [5.74, 6) is 2.94. The molecule has 2 heterocycles. The van der Waals surface area contributed by atoms with Crippen LogP contribution in [0.2, 0.25) is 0 Å². The molecule has 0 atom stereocenters. The fraction of sp³-hybridized carbons (Fsp3) is 0.385. The van der Waals surface area contributed by atoms with Gasteiger partial charge in [0.25, 0.3) is 0 Å². The topological polar surface area (TPSA) is 51.0 Å². The highest BCUT2D eigenvalue weighted by Crippen LogP contribution is 2.14. The van der Waals surface area contributed by atoms with Gasteiger partial charge in [0.2, 0.25) is 0 Å². The Morgan fingerprint density at radius 2 is 2.18 bits per heavy atom. The van der Waals surface area contributed by atoms with E-state index in [9.17, 15) is 0 Å². The normalized spacial score (nSPS) is 10.8. The molecule has 0 saturated heterocycles. The van der Waals surface area contributed by atoms with Crippen molar-refractivity contribution in [2.45, 2.75) is 33.2 Å². The van der Waals surface area contributed by atoms with Gasteiger partial charge >= 0.3 is 0 Å². The summed E-state index contributed by atoms with van der Waals surface area (Å²) >= 11 is 0. The molecule has 2 rings (SSSR count). The van der Waals surface area contributed by atoms with Crippen molar-refractivity contribution in [3.8, 4) is 0 Å². The van der Waals surface area contributed by atoms with E-state index < -0.39 is 0 Å². The van der Waals surface area contributed by atoms with Crippen molar-refractivity contribution in [3.05, 3.63) is 41.7 Å². The van der Waals surface area contributed by atoms with Gasteiger partial charge in [-0.1, -0.05) is 13.8 Å². The van der Waals surface area contributed by atoms with Gasteiger partial charge in [-0.25, -0.2) is 9.97 Å². The molecule has 2 aromatic heterocycles. The Morgan fingerprint density at radius 3 is 2.82 bits per heavy atom. The van der Waals surface area contributed by atoms with E-state index in [1.54, 1.807) is 6.26 Å². The lowest BCUT2D eigenvalue weighted by Crippen LogP contribution is -2.06. The maximum atomic E-state index is 5.26. The number of aromatic nitrogens is 2. The predicted octanol–water partition coefficient (Wildman–Crippen LogP) is 3.11. The summed E-state index contributed by atoms with van der Waals surface area (Å²) in [6.07, 6.45) is 1.67. The first-order chi connectivity index (χ1) is 8.15. The van der Waals surface area contributed by atoms with E-state index in [-0.39, 0.29) is 0 Å². The van der Waals surface area contributed by atoms with Crippen molar-refractivity contribution in [3.63, 3.8) is 0 Å². The van der Waals surface area contributed by atoms with Gasteiger partial charge in [-0.15, -0.1) is 0 Å². The van der Waals surface area contributed by atoms with Gasteiger partial charge in [-0.2, -0.15) is 0 Å². The number of anilines is 1. The molecular formula is C13H17N3O. The van der Waals surface area contributed by atoms with Crippen molar-refractivity contribution >= 4 is 5.82 Å². The van der Waals surface area contributed by atoms with E-state index in [1.807, 2.05) is 25.1 Å². The average Bonchev–Trinajstić information content (AvgIpc) is 2.78. The third kappa shape index (κ3) is 3.06. The highest BCUT2D eigenvalue weighted by molar-refractivity contribution is 5.36. The van der Waals surface area contributed by atoms with Crippen LogP contribution in [0.1, 0.15) is 37.0 Å². The van der Waals surface area contributed by atoms with Crippen LogP contribution in [0, 0.1) is 6.92 Å². The Bertz CT molecular complexity index is 477. The van der Waals surface area contributed by atoms with Crippen LogP contribution in [0.15, 0.2) is 28.9 Å². The highest BCUT2D eigenvalue weighted by Gasteiger charge is 2.06. The van der Waals surface area contributed by atoms with Crippen LogP contribution in [0.25, 0.3) is 0 Å². The molecule has 0 unspecified atom stereocenters. The van der Waals surface area contributed by atoms with Crippen molar-refractivity contribution in [1.82, 2.24) is 9.97 Å². The Kier molecular flexibility index (Phi) is 3.42. The molecule has 0 amide bonds. The molecule has 0 bridgehead atoms. The van der Waals surface area contributed by atoms with Crippen LogP contribution in [-0.4, -0.2) is 9.97 Å². The van der Waals surface area contributed by atoms with Crippen LogP contribution >= 0.6 is 0 Å². The van der Waals surface area contributed by atoms with Crippen molar-refractivity contribution in [2.24, 2.45) is 0 Å². The Hall–Kier alpha value is -1.84. The fourth-order valence-electron chi connectivity index (χ4n) is 1.53. The molecule has 90 valence electrons. The minimum Gasteiger partial charge on any atom is -0.467 e. The Morgan fingerprint density at radius 1 is 1.35 bits per heavy atom. The number of aryl methyl sites for hydroxylation is 1. The summed E-state index contributed by atoms with van der Waals surface area (Å²) in [4.78, 5) is 8.87. The third-order valence-corrected chi connectivity index (χ3v) is 2.41. The monoisotopic (exact) mass is 231 g/mol. The SMILES string of the molecule is Cc1cc(NCc2ccco2)nc(C(C)C)n1.